The van der Waals surface area contributed by atoms with Crippen molar-refractivity contribution in [1.29, 1.82) is 0 Å². The number of aromatic nitrogens is 1. The molecule has 5 heteroatoms. The lowest BCUT2D eigenvalue weighted by molar-refractivity contribution is 0.293. The van der Waals surface area contributed by atoms with E-state index in [0.29, 0.717) is 24.6 Å². The molecule has 0 fully saturated rings. The minimum atomic E-state index is -0.0389. The number of nitrogens with two attached hydrogens (primary N) is 1. The fourth-order valence-electron chi connectivity index (χ4n) is 2.09. The molecule has 0 amide bonds. The fourth-order valence-corrected chi connectivity index (χ4v) is 2.34. The van der Waals surface area contributed by atoms with Crippen molar-refractivity contribution < 1.29 is 4.74 Å². The van der Waals surface area contributed by atoms with E-state index in [1.807, 2.05) is 31.2 Å². The number of nitrogens with zero attached hydrogens (tertiary/aromatic N) is 1. The predicted molar refractivity (Wildman–Crippen MR) is 85.0 cm³/mol. The van der Waals surface area contributed by atoms with Gasteiger partial charge in [-0.15, -0.1) is 0 Å². The molecule has 1 atom stereocenters. The van der Waals surface area contributed by atoms with E-state index in [1.165, 1.54) is 6.07 Å². The Hall–Kier alpha value is -1.78. The van der Waals surface area contributed by atoms with Crippen LogP contribution in [0.1, 0.15) is 12.5 Å². The number of ether oxygens (including phenoxy) is 1. The molecule has 2 aromatic rings. The van der Waals surface area contributed by atoms with Gasteiger partial charge >= 0.3 is 0 Å². The third-order valence-electron chi connectivity index (χ3n) is 3.09. The van der Waals surface area contributed by atoms with Crippen molar-refractivity contribution in [3.8, 4) is 5.75 Å². The summed E-state index contributed by atoms with van der Waals surface area (Å²) in [5.74, 6) is 0.726. The van der Waals surface area contributed by atoms with Gasteiger partial charge in [0.05, 0.1) is 6.54 Å². The Kier molecular flexibility index (Phi) is 5.42. The smallest absolute Gasteiger partial charge is 0.250 e. The van der Waals surface area contributed by atoms with Crippen LogP contribution in [0.5, 0.6) is 5.75 Å². The second kappa shape index (κ2) is 7.29. The SMILES string of the molecule is CC(N)Cc1c(Cl)cccc1OCCn1ccccc1=O. The highest BCUT2D eigenvalue weighted by Gasteiger charge is 2.10. The van der Waals surface area contributed by atoms with Crippen LogP contribution in [0.15, 0.2) is 47.4 Å². The first-order valence-electron chi connectivity index (χ1n) is 6.89. The summed E-state index contributed by atoms with van der Waals surface area (Å²) in [6, 6.07) is 10.6. The van der Waals surface area contributed by atoms with Gasteiger partial charge in [0.15, 0.2) is 0 Å². The van der Waals surface area contributed by atoms with Crippen molar-refractivity contribution in [2.24, 2.45) is 5.73 Å². The molecule has 1 heterocycles. The van der Waals surface area contributed by atoms with Crippen LogP contribution in [0.25, 0.3) is 0 Å². The number of hydrogen-bond donors (Lipinski definition) is 1. The van der Waals surface area contributed by atoms with Crippen LogP contribution in [0, 0.1) is 0 Å². The molecule has 1 aromatic carbocycles. The largest absolute Gasteiger partial charge is 0.491 e. The molecule has 21 heavy (non-hydrogen) atoms. The average molecular weight is 307 g/mol. The maximum Gasteiger partial charge on any atom is 0.250 e. The van der Waals surface area contributed by atoms with Gasteiger partial charge in [-0.05, 0) is 31.5 Å². The molecule has 0 aliphatic heterocycles. The number of benzene rings is 1. The van der Waals surface area contributed by atoms with Crippen LogP contribution < -0.4 is 16.0 Å². The lowest BCUT2D eigenvalue weighted by atomic mass is 10.1. The van der Waals surface area contributed by atoms with Crippen molar-refractivity contribution in [2.45, 2.75) is 25.9 Å². The van der Waals surface area contributed by atoms with Gasteiger partial charge in [-0.25, -0.2) is 0 Å². The van der Waals surface area contributed by atoms with Gasteiger partial charge in [-0.1, -0.05) is 23.7 Å². The second-order valence-electron chi connectivity index (χ2n) is 4.98. The molecule has 0 radical (unpaired) electrons. The minimum absolute atomic E-state index is 0.00370. The standard InChI is InChI=1S/C16H19ClN2O2/c1-12(18)11-13-14(17)5-4-6-15(13)21-10-9-19-8-3-2-7-16(19)20/h2-8,12H,9-11,18H2,1H3. The van der Waals surface area contributed by atoms with Crippen molar-refractivity contribution in [3.63, 3.8) is 0 Å². The first-order valence-corrected chi connectivity index (χ1v) is 7.27. The van der Waals surface area contributed by atoms with Gasteiger partial charge in [0.1, 0.15) is 12.4 Å². The van der Waals surface area contributed by atoms with Gasteiger partial charge in [0.25, 0.3) is 5.56 Å². The summed E-state index contributed by atoms with van der Waals surface area (Å²) < 4.78 is 7.38. The molecule has 1 unspecified atom stereocenters. The van der Waals surface area contributed by atoms with Crippen molar-refractivity contribution in [1.82, 2.24) is 4.57 Å². The normalized spacial score (nSPS) is 12.1. The predicted octanol–water partition coefficient (Wildman–Crippen LogP) is 2.47. The van der Waals surface area contributed by atoms with E-state index >= 15 is 0 Å². The third-order valence-corrected chi connectivity index (χ3v) is 3.44. The van der Waals surface area contributed by atoms with Gasteiger partial charge in [-0.3, -0.25) is 4.79 Å². The molecule has 2 N–H and O–H groups in total. The number of rotatable bonds is 6. The molecule has 0 aliphatic carbocycles. The van der Waals surface area contributed by atoms with Gasteiger partial charge in [0.2, 0.25) is 0 Å². The van der Waals surface area contributed by atoms with Gasteiger partial charge in [-0.2, -0.15) is 0 Å². The molecule has 112 valence electrons. The minimum Gasteiger partial charge on any atom is -0.491 e. The molecule has 1 aromatic heterocycles. The molecule has 4 nitrogen and oxygen atoms in total. The highest BCUT2D eigenvalue weighted by Crippen LogP contribution is 2.27. The van der Waals surface area contributed by atoms with Crippen molar-refractivity contribution >= 4 is 11.6 Å². The van der Waals surface area contributed by atoms with E-state index < -0.39 is 0 Å². The van der Waals surface area contributed by atoms with Crippen LogP contribution in [0.4, 0.5) is 0 Å². The van der Waals surface area contributed by atoms with Crippen LogP contribution in [0.2, 0.25) is 5.02 Å². The highest BCUT2D eigenvalue weighted by molar-refractivity contribution is 6.31. The van der Waals surface area contributed by atoms with Gasteiger partial charge < -0.3 is 15.0 Å². The summed E-state index contributed by atoms with van der Waals surface area (Å²) >= 11 is 6.20. The van der Waals surface area contributed by atoms with Gasteiger partial charge in [0, 0.05) is 28.9 Å². The summed E-state index contributed by atoms with van der Waals surface area (Å²) in [6.07, 6.45) is 2.40. The molecular weight excluding hydrogens is 288 g/mol. The number of hydrogen-bond acceptors (Lipinski definition) is 3. The van der Waals surface area contributed by atoms with E-state index in [-0.39, 0.29) is 11.6 Å². The zero-order valence-electron chi connectivity index (χ0n) is 12.0. The Bertz CT molecular complexity index is 653. The topological polar surface area (TPSA) is 57.2 Å². The molecule has 0 bridgehead atoms. The first kappa shape index (κ1) is 15.6. The second-order valence-corrected chi connectivity index (χ2v) is 5.39. The summed E-state index contributed by atoms with van der Waals surface area (Å²) in [5.41, 5.74) is 6.71. The zero-order valence-corrected chi connectivity index (χ0v) is 12.7. The molecule has 0 saturated carbocycles. The lowest BCUT2D eigenvalue weighted by Crippen LogP contribution is -2.22. The molecule has 0 aliphatic rings. The molecule has 0 saturated heterocycles. The molecular formula is C16H19ClN2O2. The quantitative estimate of drug-likeness (QED) is 0.892. The monoisotopic (exact) mass is 306 g/mol. The highest BCUT2D eigenvalue weighted by atomic mass is 35.5. The van der Waals surface area contributed by atoms with Crippen LogP contribution in [-0.2, 0) is 13.0 Å². The Morgan fingerprint density at radius 2 is 2.10 bits per heavy atom. The van der Waals surface area contributed by atoms with E-state index in [1.54, 1.807) is 16.8 Å². The summed E-state index contributed by atoms with van der Waals surface area (Å²) in [4.78, 5) is 11.6. The number of halogens is 1. The summed E-state index contributed by atoms with van der Waals surface area (Å²) in [7, 11) is 0. The van der Waals surface area contributed by atoms with Crippen molar-refractivity contribution in [3.05, 3.63) is 63.5 Å². The lowest BCUT2D eigenvalue weighted by Gasteiger charge is -2.15. The summed E-state index contributed by atoms with van der Waals surface area (Å²) in [6.45, 7) is 2.82. The Morgan fingerprint density at radius 1 is 1.29 bits per heavy atom. The Morgan fingerprint density at radius 3 is 2.81 bits per heavy atom. The maximum atomic E-state index is 11.6. The average Bonchev–Trinajstić information content (AvgIpc) is 2.44. The first-order chi connectivity index (χ1) is 10.1. The van der Waals surface area contributed by atoms with Crippen molar-refractivity contribution in [2.75, 3.05) is 6.61 Å². The third kappa shape index (κ3) is 4.34. The Labute approximate surface area is 129 Å². The molecule has 0 spiro atoms. The zero-order chi connectivity index (χ0) is 15.2. The van der Waals surface area contributed by atoms with E-state index in [0.717, 1.165) is 11.3 Å². The van der Waals surface area contributed by atoms with Crippen LogP contribution in [-0.4, -0.2) is 17.2 Å². The van der Waals surface area contributed by atoms with Crippen LogP contribution >= 0.6 is 11.6 Å². The fraction of sp³-hybridized carbons (Fsp3) is 0.312. The van der Waals surface area contributed by atoms with E-state index in [9.17, 15) is 4.79 Å². The molecule has 2 rings (SSSR count). The van der Waals surface area contributed by atoms with E-state index in [2.05, 4.69) is 0 Å². The summed E-state index contributed by atoms with van der Waals surface area (Å²) in [5, 5.41) is 0.654. The van der Waals surface area contributed by atoms with Crippen LogP contribution in [0.3, 0.4) is 0 Å². The Balaban J connectivity index is 2.05. The maximum absolute atomic E-state index is 11.6. The van der Waals surface area contributed by atoms with E-state index in [4.69, 9.17) is 22.1 Å². The number of pyridine rings is 1.